The van der Waals surface area contributed by atoms with Gasteiger partial charge in [0, 0.05) is 12.1 Å². The molecule has 0 fully saturated rings. The largest absolute Gasteiger partial charge is 0.352 e. The molecule has 0 aliphatic heterocycles. The van der Waals surface area contributed by atoms with Crippen molar-refractivity contribution < 1.29 is 13.2 Å². The van der Waals surface area contributed by atoms with E-state index < -0.39 is 10.0 Å². The van der Waals surface area contributed by atoms with Gasteiger partial charge >= 0.3 is 0 Å². The van der Waals surface area contributed by atoms with Gasteiger partial charge in [0.25, 0.3) is 5.91 Å². The summed E-state index contributed by atoms with van der Waals surface area (Å²) in [6, 6.07) is 2.69. The lowest BCUT2D eigenvalue weighted by molar-refractivity contribution is 0.0955. The highest BCUT2D eigenvalue weighted by Gasteiger charge is 2.18. The molecular weight excluding hydrogens is 264 g/mol. The van der Waals surface area contributed by atoms with Crippen LogP contribution in [0.25, 0.3) is 0 Å². The van der Waals surface area contributed by atoms with E-state index in [-0.39, 0.29) is 21.4 Å². The van der Waals surface area contributed by atoms with E-state index in [1.54, 1.807) is 13.8 Å². The van der Waals surface area contributed by atoms with Crippen LogP contribution in [0.1, 0.15) is 22.8 Å². The minimum Gasteiger partial charge on any atom is -0.352 e. The number of hydrogen-bond donors (Lipinski definition) is 2. The summed E-state index contributed by atoms with van der Waals surface area (Å²) < 4.78 is 22.6. The maximum Gasteiger partial charge on any atom is 0.251 e. The van der Waals surface area contributed by atoms with Crippen LogP contribution in [-0.4, -0.2) is 20.9 Å². The number of halogens is 1. The van der Waals surface area contributed by atoms with Crippen molar-refractivity contribution >= 4 is 27.5 Å². The number of benzene rings is 1. The van der Waals surface area contributed by atoms with Crippen LogP contribution in [0.3, 0.4) is 0 Å². The van der Waals surface area contributed by atoms with E-state index in [0.29, 0.717) is 12.1 Å². The molecule has 1 aromatic rings. The molecule has 0 heterocycles. The molecule has 0 atom stereocenters. The summed E-state index contributed by atoms with van der Waals surface area (Å²) in [6.45, 7) is 3.83. The number of carbonyl (C=O) groups excluding carboxylic acids is 1. The highest BCUT2D eigenvalue weighted by atomic mass is 35.5. The van der Waals surface area contributed by atoms with Gasteiger partial charge < -0.3 is 5.32 Å². The molecule has 0 saturated carbocycles. The highest BCUT2D eigenvalue weighted by Crippen LogP contribution is 2.25. The summed E-state index contributed by atoms with van der Waals surface area (Å²) in [5.74, 6) is -0.364. The second kappa shape index (κ2) is 5.03. The third-order valence-electron chi connectivity index (χ3n) is 2.13. The zero-order valence-electron chi connectivity index (χ0n) is 9.45. The molecule has 1 aromatic carbocycles. The van der Waals surface area contributed by atoms with Crippen molar-refractivity contribution in [1.82, 2.24) is 5.32 Å². The van der Waals surface area contributed by atoms with Crippen molar-refractivity contribution in [3.05, 3.63) is 28.3 Å². The van der Waals surface area contributed by atoms with Crippen LogP contribution in [-0.2, 0) is 10.0 Å². The van der Waals surface area contributed by atoms with Crippen LogP contribution >= 0.6 is 11.6 Å². The van der Waals surface area contributed by atoms with Crippen molar-refractivity contribution in [1.29, 1.82) is 0 Å². The first-order chi connectivity index (χ1) is 7.77. The Bertz CT molecular complexity index is 555. The van der Waals surface area contributed by atoms with Gasteiger partial charge in [0.1, 0.15) is 4.90 Å². The minimum absolute atomic E-state index is 0.0422. The van der Waals surface area contributed by atoms with E-state index in [2.05, 4.69) is 5.32 Å². The molecule has 3 N–H and O–H groups in total. The fourth-order valence-corrected chi connectivity index (χ4v) is 2.47. The zero-order chi connectivity index (χ0) is 13.2. The first-order valence-electron chi connectivity index (χ1n) is 4.88. The first-order valence-corrected chi connectivity index (χ1v) is 6.81. The van der Waals surface area contributed by atoms with Crippen molar-refractivity contribution in [2.24, 2.45) is 5.14 Å². The number of aryl methyl sites for hydroxylation is 1. The predicted octanol–water partition coefficient (Wildman–Crippen LogP) is 1.05. The average Bonchev–Trinajstić information content (AvgIpc) is 2.20. The topological polar surface area (TPSA) is 89.3 Å². The van der Waals surface area contributed by atoms with Gasteiger partial charge in [-0.15, -0.1) is 0 Å². The molecular formula is C10H13ClN2O3S. The third kappa shape index (κ3) is 3.18. The summed E-state index contributed by atoms with van der Waals surface area (Å²) >= 11 is 5.84. The normalized spacial score (nSPS) is 11.3. The van der Waals surface area contributed by atoms with Crippen LogP contribution in [0.2, 0.25) is 5.02 Å². The molecule has 0 aliphatic carbocycles. The number of nitrogens with one attached hydrogen (secondary N) is 1. The zero-order valence-corrected chi connectivity index (χ0v) is 11.0. The Balaban J connectivity index is 3.39. The maximum absolute atomic E-state index is 11.6. The van der Waals surface area contributed by atoms with Crippen LogP contribution < -0.4 is 10.5 Å². The molecule has 0 radical (unpaired) electrons. The summed E-state index contributed by atoms with van der Waals surface area (Å²) in [5.41, 5.74) is 0.706. The molecule has 1 rings (SSSR count). The smallest absolute Gasteiger partial charge is 0.251 e. The van der Waals surface area contributed by atoms with Gasteiger partial charge in [0.05, 0.1) is 5.02 Å². The quantitative estimate of drug-likeness (QED) is 0.864. The van der Waals surface area contributed by atoms with E-state index in [4.69, 9.17) is 16.7 Å². The molecule has 0 bridgehead atoms. The number of carbonyl (C=O) groups is 1. The van der Waals surface area contributed by atoms with E-state index >= 15 is 0 Å². The molecule has 7 heteroatoms. The number of amides is 1. The second-order valence-corrected chi connectivity index (χ2v) is 5.42. The molecule has 5 nitrogen and oxygen atoms in total. The maximum atomic E-state index is 11.6. The van der Waals surface area contributed by atoms with Gasteiger partial charge in [-0.3, -0.25) is 4.79 Å². The fraction of sp³-hybridized carbons (Fsp3) is 0.300. The molecule has 1 amide bonds. The van der Waals surface area contributed by atoms with E-state index in [0.717, 1.165) is 0 Å². The summed E-state index contributed by atoms with van der Waals surface area (Å²) in [7, 11) is -3.94. The van der Waals surface area contributed by atoms with Gasteiger partial charge in [-0.2, -0.15) is 0 Å². The fourth-order valence-electron chi connectivity index (χ4n) is 1.34. The molecule has 17 heavy (non-hydrogen) atoms. The number of primary sulfonamides is 1. The molecule has 0 saturated heterocycles. The Morgan fingerprint density at radius 3 is 2.53 bits per heavy atom. The van der Waals surface area contributed by atoms with Crippen molar-refractivity contribution in [3.63, 3.8) is 0 Å². The highest BCUT2D eigenvalue weighted by molar-refractivity contribution is 7.89. The predicted molar refractivity (Wildman–Crippen MR) is 65.6 cm³/mol. The molecule has 0 unspecified atom stereocenters. The average molecular weight is 277 g/mol. The molecule has 94 valence electrons. The van der Waals surface area contributed by atoms with Crippen LogP contribution in [0.15, 0.2) is 17.0 Å². The SMILES string of the molecule is CCNC(=O)c1cc(C)c(Cl)c(S(N)(=O)=O)c1. The van der Waals surface area contributed by atoms with Crippen molar-refractivity contribution in [2.75, 3.05) is 6.54 Å². The van der Waals surface area contributed by atoms with Crippen LogP contribution in [0.4, 0.5) is 0 Å². The Labute approximate surface area is 105 Å². The number of nitrogens with two attached hydrogens (primary N) is 1. The van der Waals surface area contributed by atoms with Gasteiger partial charge in [-0.05, 0) is 31.5 Å². The minimum atomic E-state index is -3.94. The number of hydrogen-bond acceptors (Lipinski definition) is 3. The lowest BCUT2D eigenvalue weighted by Gasteiger charge is -2.09. The summed E-state index contributed by atoms with van der Waals surface area (Å²) in [6.07, 6.45) is 0. The number of sulfonamides is 1. The van der Waals surface area contributed by atoms with Crippen molar-refractivity contribution in [2.45, 2.75) is 18.7 Å². The Kier molecular flexibility index (Phi) is 4.13. The Morgan fingerprint density at radius 2 is 2.06 bits per heavy atom. The van der Waals surface area contributed by atoms with Crippen LogP contribution in [0, 0.1) is 6.92 Å². The second-order valence-electron chi connectivity index (χ2n) is 3.51. The molecule has 0 spiro atoms. The summed E-state index contributed by atoms with van der Waals surface area (Å²) in [4.78, 5) is 11.4. The van der Waals surface area contributed by atoms with Crippen LogP contribution in [0.5, 0.6) is 0 Å². The first kappa shape index (κ1) is 14.0. The third-order valence-corrected chi connectivity index (χ3v) is 3.68. The van der Waals surface area contributed by atoms with Gasteiger partial charge in [0.2, 0.25) is 10.0 Å². The van der Waals surface area contributed by atoms with E-state index in [9.17, 15) is 13.2 Å². The summed E-state index contributed by atoms with van der Waals surface area (Å²) in [5, 5.41) is 7.64. The lowest BCUT2D eigenvalue weighted by atomic mass is 10.1. The monoisotopic (exact) mass is 276 g/mol. The van der Waals surface area contributed by atoms with Crippen molar-refractivity contribution in [3.8, 4) is 0 Å². The Hall–Kier alpha value is -1.11. The standard InChI is InChI=1S/C10H13ClN2O3S/c1-3-13-10(14)7-4-6(2)9(11)8(5-7)17(12,15)16/h4-5H,3H2,1-2H3,(H,13,14)(H2,12,15,16). The number of rotatable bonds is 3. The molecule has 0 aliphatic rings. The van der Waals surface area contributed by atoms with Gasteiger partial charge in [0.15, 0.2) is 0 Å². The lowest BCUT2D eigenvalue weighted by Crippen LogP contribution is -2.23. The van der Waals surface area contributed by atoms with E-state index in [1.807, 2.05) is 0 Å². The van der Waals surface area contributed by atoms with Gasteiger partial charge in [-0.25, -0.2) is 13.6 Å². The Morgan fingerprint density at radius 1 is 1.47 bits per heavy atom. The van der Waals surface area contributed by atoms with E-state index in [1.165, 1.54) is 12.1 Å². The molecule has 0 aromatic heterocycles. The van der Waals surface area contributed by atoms with Gasteiger partial charge in [-0.1, -0.05) is 11.6 Å².